The van der Waals surface area contributed by atoms with E-state index in [0.29, 0.717) is 12.1 Å². The lowest BCUT2D eigenvalue weighted by Crippen LogP contribution is -2.31. The fraction of sp³-hybridized carbons (Fsp3) is 0.474. The van der Waals surface area contributed by atoms with E-state index in [4.69, 9.17) is 0 Å². The topological polar surface area (TPSA) is 70.2 Å². The maximum absolute atomic E-state index is 12.8. The van der Waals surface area contributed by atoms with E-state index in [1.54, 1.807) is 6.07 Å². The predicted octanol–water partition coefficient (Wildman–Crippen LogP) is 4.66. The first kappa shape index (κ1) is 17.3. The molecule has 4 nitrogen and oxygen atoms in total. The molecule has 23 heavy (non-hydrogen) atoms. The molecule has 0 aliphatic heterocycles. The van der Waals surface area contributed by atoms with Gasteiger partial charge in [-0.3, -0.25) is 9.59 Å². The van der Waals surface area contributed by atoms with Crippen molar-refractivity contribution in [3.8, 4) is 0 Å². The Morgan fingerprint density at radius 1 is 1.17 bits per heavy atom. The third kappa shape index (κ3) is 4.01. The molecule has 1 heterocycles. The Labute approximate surface area is 136 Å². The fourth-order valence-corrected chi connectivity index (χ4v) is 3.16. The number of aromatic amines is 1. The molecule has 0 spiro atoms. The van der Waals surface area contributed by atoms with E-state index < -0.39 is 11.9 Å². The van der Waals surface area contributed by atoms with Crippen molar-refractivity contribution in [2.75, 3.05) is 0 Å². The van der Waals surface area contributed by atoms with Crippen LogP contribution in [0.3, 0.4) is 0 Å². The van der Waals surface area contributed by atoms with Gasteiger partial charge in [0, 0.05) is 10.9 Å². The molecule has 0 amide bonds. The molecule has 1 aromatic heterocycles. The fourth-order valence-electron chi connectivity index (χ4n) is 3.16. The number of aliphatic carboxylic acids is 1. The first-order valence-corrected chi connectivity index (χ1v) is 8.43. The zero-order valence-corrected chi connectivity index (χ0v) is 13.8. The van der Waals surface area contributed by atoms with Crippen LogP contribution >= 0.6 is 0 Å². The molecule has 124 valence electrons. The molecule has 0 aliphatic rings. The van der Waals surface area contributed by atoms with Crippen LogP contribution in [-0.4, -0.2) is 21.8 Å². The van der Waals surface area contributed by atoms with Gasteiger partial charge in [0.25, 0.3) is 0 Å². The summed E-state index contributed by atoms with van der Waals surface area (Å²) in [4.78, 5) is 27.6. The number of hydrogen-bond acceptors (Lipinski definition) is 2. The van der Waals surface area contributed by atoms with Crippen LogP contribution in [0.1, 0.15) is 56.4 Å². The minimum atomic E-state index is -1.02. The summed E-state index contributed by atoms with van der Waals surface area (Å²) in [6.45, 7) is 4.08. The number of ketones is 1. The van der Waals surface area contributed by atoms with E-state index >= 15 is 0 Å². The number of carbonyl (C=O) groups excluding carboxylic acids is 1. The molecule has 2 unspecified atom stereocenters. The van der Waals surface area contributed by atoms with Crippen molar-refractivity contribution in [2.45, 2.75) is 46.0 Å². The number of fused-ring (bicyclic) bond motifs is 1. The Bertz CT molecular complexity index is 641. The summed E-state index contributed by atoms with van der Waals surface area (Å²) in [5, 5.41) is 10.5. The van der Waals surface area contributed by atoms with E-state index in [0.717, 1.165) is 36.6 Å². The van der Waals surface area contributed by atoms with Gasteiger partial charge in [0.2, 0.25) is 0 Å². The lowest BCUT2D eigenvalue weighted by Gasteiger charge is -2.21. The van der Waals surface area contributed by atoms with E-state index in [1.807, 2.05) is 31.2 Å². The van der Waals surface area contributed by atoms with Gasteiger partial charge in [-0.05, 0) is 24.5 Å². The first-order chi connectivity index (χ1) is 11.1. The molecule has 0 bridgehead atoms. The summed E-state index contributed by atoms with van der Waals surface area (Å²) >= 11 is 0. The van der Waals surface area contributed by atoms with Crippen molar-refractivity contribution < 1.29 is 14.7 Å². The van der Waals surface area contributed by atoms with E-state index in [-0.39, 0.29) is 11.7 Å². The van der Waals surface area contributed by atoms with Crippen molar-refractivity contribution in [3.63, 3.8) is 0 Å². The minimum absolute atomic E-state index is 0.113. The number of hydrogen-bond donors (Lipinski definition) is 2. The summed E-state index contributed by atoms with van der Waals surface area (Å²) < 4.78 is 0. The summed E-state index contributed by atoms with van der Waals surface area (Å²) in [5.41, 5.74) is 1.26. The lowest BCUT2D eigenvalue weighted by molar-refractivity contribution is -0.141. The molecule has 0 aliphatic carbocycles. The molecular weight excluding hydrogens is 290 g/mol. The molecule has 4 heteroatoms. The van der Waals surface area contributed by atoms with Crippen molar-refractivity contribution in [3.05, 3.63) is 36.0 Å². The smallest absolute Gasteiger partial charge is 0.314 e. The highest BCUT2D eigenvalue weighted by Gasteiger charge is 2.34. The standard InChI is InChI=1S/C19H25NO3/c1-3-5-6-9-13(4-2)17(19(22)23)18(21)16-12-14-10-7-8-11-15(14)20-16/h7-8,10-13,17,20H,3-6,9H2,1-2H3,(H,22,23). The molecule has 2 aromatic rings. The molecule has 1 aromatic carbocycles. The monoisotopic (exact) mass is 315 g/mol. The van der Waals surface area contributed by atoms with Crippen LogP contribution in [0, 0.1) is 11.8 Å². The number of H-pyrrole nitrogens is 1. The molecule has 2 atom stereocenters. The largest absolute Gasteiger partial charge is 0.481 e. The van der Waals surface area contributed by atoms with Gasteiger partial charge >= 0.3 is 5.97 Å². The van der Waals surface area contributed by atoms with Crippen LogP contribution < -0.4 is 0 Å². The van der Waals surface area contributed by atoms with Crippen LogP contribution in [0.25, 0.3) is 10.9 Å². The molecule has 0 saturated carbocycles. The van der Waals surface area contributed by atoms with Crippen LogP contribution in [0.4, 0.5) is 0 Å². The van der Waals surface area contributed by atoms with Gasteiger partial charge in [0.15, 0.2) is 5.78 Å². The Morgan fingerprint density at radius 2 is 1.91 bits per heavy atom. The van der Waals surface area contributed by atoms with Crippen molar-refractivity contribution in [1.29, 1.82) is 0 Å². The van der Waals surface area contributed by atoms with Crippen LogP contribution in [0.2, 0.25) is 0 Å². The maximum atomic E-state index is 12.8. The molecule has 0 saturated heterocycles. The van der Waals surface area contributed by atoms with Gasteiger partial charge in [-0.1, -0.05) is 57.7 Å². The average Bonchev–Trinajstić information content (AvgIpc) is 2.97. The third-order valence-electron chi connectivity index (χ3n) is 4.52. The zero-order valence-electron chi connectivity index (χ0n) is 13.8. The second kappa shape index (κ2) is 7.95. The Morgan fingerprint density at radius 3 is 2.52 bits per heavy atom. The molecule has 0 radical (unpaired) electrons. The third-order valence-corrected chi connectivity index (χ3v) is 4.52. The predicted molar refractivity (Wildman–Crippen MR) is 91.7 cm³/mol. The Hall–Kier alpha value is -2.10. The Kier molecular flexibility index (Phi) is 5.97. The summed E-state index contributed by atoms with van der Waals surface area (Å²) in [6.07, 6.45) is 4.62. The average molecular weight is 315 g/mol. The number of carbonyl (C=O) groups is 2. The highest BCUT2D eigenvalue weighted by molar-refractivity contribution is 6.09. The number of unbranched alkanes of at least 4 members (excludes halogenated alkanes) is 2. The van der Waals surface area contributed by atoms with Gasteiger partial charge in [-0.15, -0.1) is 0 Å². The number of Topliss-reactive ketones (excluding diaryl/α,β-unsaturated/α-hetero) is 1. The summed E-state index contributed by atoms with van der Waals surface area (Å²) in [6, 6.07) is 9.35. The molecular formula is C19H25NO3. The van der Waals surface area contributed by atoms with Gasteiger partial charge in [0.05, 0.1) is 5.69 Å². The SMILES string of the molecule is CCCCCC(CC)C(C(=O)O)C(=O)c1cc2ccccc2[nH]1. The van der Waals surface area contributed by atoms with Crippen molar-refractivity contribution in [2.24, 2.45) is 11.8 Å². The second-order valence-corrected chi connectivity index (χ2v) is 6.11. The molecule has 2 N–H and O–H groups in total. The normalized spacial score (nSPS) is 13.8. The molecule has 2 rings (SSSR count). The van der Waals surface area contributed by atoms with E-state index in [9.17, 15) is 14.7 Å². The quantitative estimate of drug-likeness (QED) is 0.402. The number of benzene rings is 1. The van der Waals surface area contributed by atoms with Crippen LogP contribution in [-0.2, 0) is 4.79 Å². The van der Waals surface area contributed by atoms with Gasteiger partial charge in [0.1, 0.15) is 5.92 Å². The lowest BCUT2D eigenvalue weighted by atomic mass is 9.82. The Balaban J connectivity index is 2.24. The van der Waals surface area contributed by atoms with E-state index in [1.165, 1.54) is 0 Å². The molecule has 0 fully saturated rings. The van der Waals surface area contributed by atoms with Crippen LogP contribution in [0.5, 0.6) is 0 Å². The van der Waals surface area contributed by atoms with Crippen molar-refractivity contribution in [1.82, 2.24) is 4.98 Å². The van der Waals surface area contributed by atoms with Gasteiger partial charge < -0.3 is 10.1 Å². The highest BCUT2D eigenvalue weighted by Crippen LogP contribution is 2.27. The summed E-state index contributed by atoms with van der Waals surface area (Å²) in [7, 11) is 0. The summed E-state index contributed by atoms with van der Waals surface area (Å²) in [5.74, 6) is -2.41. The number of carboxylic acid groups (broad SMARTS) is 1. The van der Waals surface area contributed by atoms with E-state index in [2.05, 4.69) is 11.9 Å². The number of carboxylic acids is 1. The number of aromatic nitrogens is 1. The maximum Gasteiger partial charge on any atom is 0.314 e. The zero-order chi connectivity index (χ0) is 16.8. The van der Waals surface area contributed by atoms with Gasteiger partial charge in [-0.25, -0.2) is 0 Å². The first-order valence-electron chi connectivity index (χ1n) is 8.43. The number of nitrogens with one attached hydrogen (secondary N) is 1. The highest BCUT2D eigenvalue weighted by atomic mass is 16.4. The minimum Gasteiger partial charge on any atom is -0.481 e. The van der Waals surface area contributed by atoms with Crippen LogP contribution in [0.15, 0.2) is 30.3 Å². The van der Waals surface area contributed by atoms with Crippen molar-refractivity contribution >= 4 is 22.7 Å². The number of rotatable bonds is 9. The van der Waals surface area contributed by atoms with Gasteiger partial charge in [-0.2, -0.15) is 0 Å². The number of para-hydroxylation sites is 1. The second-order valence-electron chi connectivity index (χ2n) is 6.11.